The molecule has 12 heteroatoms. The van der Waals surface area contributed by atoms with E-state index in [0.29, 0.717) is 57.6 Å². The minimum atomic E-state index is -0.406. The van der Waals surface area contributed by atoms with E-state index >= 15 is 0 Å². The number of aliphatic hydroxyl groups is 1. The Morgan fingerprint density at radius 1 is 1.11 bits per heavy atom. The molecule has 0 bridgehead atoms. The Bertz CT molecular complexity index is 1250. The van der Waals surface area contributed by atoms with E-state index in [9.17, 15) is 9.90 Å². The first-order chi connectivity index (χ1) is 18.0. The molecule has 5 rings (SSSR count). The lowest BCUT2D eigenvalue weighted by Crippen LogP contribution is -2.22. The van der Waals surface area contributed by atoms with Crippen molar-refractivity contribution >= 4 is 34.0 Å². The van der Waals surface area contributed by atoms with Crippen molar-refractivity contribution in [2.75, 3.05) is 19.0 Å². The number of hydrogen-bond donors (Lipinski definition) is 2. The zero-order valence-corrected chi connectivity index (χ0v) is 21.9. The third kappa shape index (κ3) is 6.72. The smallest absolute Gasteiger partial charge is 0.295 e. The van der Waals surface area contributed by atoms with E-state index in [1.54, 1.807) is 12.1 Å². The number of hydrogen-bond acceptors (Lipinski definition) is 10. The van der Waals surface area contributed by atoms with Gasteiger partial charge in [-0.25, -0.2) is 4.98 Å². The van der Waals surface area contributed by atoms with Crippen LogP contribution in [0.3, 0.4) is 0 Å². The molecule has 196 valence electrons. The molecule has 0 radical (unpaired) electrons. The van der Waals surface area contributed by atoms with Crippen LogP contribution < -0.4 is 14.8 Å². The molecule has 2 aliphatic carbocycles. The molecule has 10 nitrogen and oxygen atoms in total. The van der Waals surface area contributed by atoms with Crippen molar-refractivity contribution in [1.82, 2.24) is 20.2 Å². The van der Waals surface area contributed by atoms with Gasteiger partial charge in [0.25, 0.3) is 11.1 Å². The Morgan fingerprint density at radius 3 is 2.68 bits per heavy atom. The van der Waals surface area contributed by atoms with Gasteiger partial charge in [-0.3, -0.25) is 15.1 Å². The second kappa shape index (κ2) is 11.7. The summed E-state index contributed by atoms with van der Waals surface area (Å²) in [7, 11) is 1.53. The highest BCUT2D eigenvalue weighted by Gasteiger charge is 2.24. The summed E-state index contributed by atoms with van der Waals surface area (Å²) in [6.07, 6.45) is 8.63. The fourth-order valence-electron chi connectivity index (χ4n) is 4.19. The van der Waals surface area contributed by atoms with Gasteiger partial charge in [-0.15, -0.1) is 5.10 Å². The highest BCUT2D eigenvalue weighted by Crippen LogP contribution is 2.35. The van der Waals surface area contributed by atoms with Gasteiger partial charge in [0.1, 0.15) is 10.9 Å². The van der Waals surface area contributed by atoms with Crippen LogP contribution in [0.1, 0.15) is 54.6 Å². The number of pyridine rings is 2. The molecule has 0 atom stereocenters. The van der Waals surface area contributed by atoms with Crippen molar-refractivity contribution in [1.29, 1.82) is 0 Å². The summed E-state index contributed by atoms with van der Waals surface area (Å²) in [5.74, 6) is 0.445. The van der Waals surface area contributed by atoms with Crippen LogP contribution in [0.25, 0.3) is 11.1 Å². The molecule has 0 aliphatic heterocycles. The van der Waals surface area contributed by atoms with Crippen molar-refractivity contribution in [3.8, 4) is 22.1 Å². The number of nitrogens with zero attached hydrogens (tertiary/aromatic N) is 4. The number of anilines is 1. The average molecular weight is 546 g/mol. The Morgan fingerprint density at radius 2 is 1.92 bits per heavy atom. The molecule has 0 unspecified atom stereocenters. The van der Waals surface area contributed by atoms with E-state index in [4.69, 9.17) is 25.8 Å². The molecule has 2 fully saturated rings. The molecule has 3 heterocycles. The van der Waals surface area contributed by atoms with Crippen LogP contribution in [-0.4, -0.2) is 57.1 Å². The Hall–Kier alpha value is -2.86. The molecule has 0 spiro atoms. The molecule has 0 aromatic carbocycles. The standard InChI is InChI=1S/C25H28ClN5O5S/c1-34-21-11-28-22(26)9-19(21)18-8-15(13-35-17-6-7-17)27-10-20(18)23(33)29-24-30-31-25(37-24)36-12-14-2-4-16(32)5-3-14/h8-11,14,16-17,32H,2-7,12-13H2,1H3,(H,29,30,33). The van der Waals surface area contributed by atoms with E-state index in [1.165, 1.54) is 19.5 Å². The van der Waals surface area contributed by atoms with E-state index in [-0.39, 0.29) is 17.4 Å². The number of halogens is 1. The summed E-state index contributed by atoms with van der Waals surface area (Å²) >= 11 is 7.34. The third-order valence-corrected chi connectivity index (χ3v) is 7.38. The normalized spacial score (nSPS) is 19.4. The van der Waals surface area contributed by atoms with E-state index in [1.807, 2.05) is 0 Å². The summed E-state index contributed by atoms with van der Waals surface area (Å²) in [6.45, 7) is 0.855. The van der Waals surface area contributed by atoms with Gasteiger partial charge >= 0.3 is 0 Å². The average Bonchev–Trinajstić information content (AvgIpc) is 3.64. The Labute approximate surface area is 223 Å². The van der Waals surface area contributed by atoms with Crippen LogP contribution in [0.4, 0.5) is 5.13 Å². The largest absolute Gasteiger partial charge is 0.494 e. The van der Waals surface area contributed by atoms with Crippen molar-refractivity contribution < 1.29 is 24.1 Å². The lowest BCUT2D eigenvalue weighted by atomic mass is 9.88. The van der Waals surface area contributed by atoms with Crippen LogP contribution in [0.5, 0.6) is 10.9 Å². The van der Waals surface area contributed by atoms with Crippen LogP contribution in [0, 0.1) is 5.92 Å². The predicted octanol–water partition coefficient (Wildman–Crippen LogP) is 4.52. The first-order valence-electron chi connectivity index (χ1n) is 12.2. The molecule has 3 aromatic rings. The number of amides is 1. The van der Waals surface area contributed by atoms with Gasteiger partial charge in [-0.05, 0) is 67.9 Å². The van der Waals surface area contributed by atoms with Gasteiger partial charge in [0, 0.05) is 17.3 Å². The zero-order valence-electron chi connectivity index (χ0n) is 20.4. The third-order valence-electron chi connectivity index (χ3n) is 6.43. The van der Waals surface area contributed by atoms with Crippen LogP contribution in [-0.2, 0) is 11.3 Å². The summed E-state index contributed by atoms with van der Waals surface area (Å²) < 4.78 is 17.1. The second-order valence-corrected chi connectivity index (χ2v) is 10.6. The predicted molar refractivity (Wildman–Crippen MR) is 138 cm³/mol. The maximum atomic E-state index is 13.3. The Kier molecular flexibility index (Phi) is 8.14. The maximum absolute atomic E-state index is 13.3. The molecular weight excluding hydrogens is 518 g/mol. The molecule has 2 saturated carbocycles. The fourth-order valence-corrected chi connectivity index (χ4v) is 4.95. The molecular formula is C25H28ClN5O5S. The second-order valence-electron chi connectivity index (χ2n) is 9.25. The molecule has 3 aromatic heterocycles. The lowest BCUT2D eigenvalue weighted by Gasteiger charge is -2.24. The molecule has 2 N–H and O–H groups in total. The highest BCUT2D eigenvalue weighted by atomic mass is 35.5. The summed E-state index contributed by atoms with van der Waals surface area (Å²) in [4.78, 5) is 21.9. The first kappa shape index (κ1) is 25.8. The van der Waals surface area contributed by atoms with Crippen molar-refractivity contribution in [3.63, 3.8) is 0 Å². The topological polar surface area (TPSA) is 129 Å². The molecule has 1 amide bonds. The maximum Gasteiger partial charge on any atom is 0.295 e. The number of ether oxygens (including phenoxy) is 3. The number of nitrogens with one attached hydrogen (secondary N) is 1. The highest BCUT2D eigenvalue weighted by molar-refractivity contribution is 7.17. The van der Waals surface area contributed by atoms with Gasteiger partial charge < -0.3 is 19.3 Å². The Balaban J connectivity index is 1.32. The van der Waals surface area contributed by atoms with E-state index in [2.05, 4.69) is 25.5 Å². The van der Waals surface area contributed by atoms with E-state index in [0.717, 1.165) is 49.9 Å². The van der Waals surface area contributed by atoms with Crippen LogP contribution in [0.15, 0.2) is 24.5 Å². The summed E-state index contributed by atoms with van der Waals surface area (Å²) in [6, 6.07) is 3.46. The monoisotopic (exact) mass is 545 g/mol. The van der Waals surface area contributed by atoms with Crippen molar-refractivity contribution in [2.45, 2.75) is 57.3 Å². The zero-order chi connectivity index (χ0) is 25.8. The van der Waals surface area contributed by atoms with Gasteiger partial charge in [-0.2, -0.15) is 0 Å². The lowest BCUT2D eigenvalue weighted by molar-refractivity contribution is 0.0915. The molecule has 2 aliphatic rings. The van der Waals surface area contributed by atoms with Gasteiger partial charge in [0.15, 0.2) is 0 Å². The number of methoxy groups -OCH3 is 1. The van der Waals surface area contributed by atoms with Crippen molar-refractivity contribution in [3.05, 3.63) is 40.9 Å². The van der Waals surface area contributed by atoms with Crippen LogP contribution in [0.2, 0.25) is 5.15 Å². The summed E-state index contributed by atoms with van der Waals surface area (Å²) in [5.41, 5.74) is 2.20. The molecule has 37 heavy (non-hydrogen) atoms. The number of carbonyl (C=O) groups excluding carboxylic acids is 1. The molecule has 0 saturated heterocycles. The van der Waals surface area contributed by atoms with Crippen molar-refractivity contribution in [2.24, 2.45) is 5.92 Å². The summed E-state index contributed by atoms with van der Waals surface area (Å²) in [5, 5.41) is 21.5. The van der Waals surface area contributed by atoms with E-state index < -0.39 is 5.91 Å². The number of carbonyl (C=O) groups is 1. The number of aliphatic hydroxyl groups excluding tert-OH is 1. The number of rotatable bonds is 10. The van der Waals surface area contributed by atoms with Gasteiger partial charge in [0.05, 0.1) is 50.0 Å². The van der Waals surface area contributed by atoms with Gasteiger partial charge in [-0.1, -0.05) is 16.7 Å². The number of aromatic nitrogens is 4. The fraction of sp³-hybridized carbons (Fsp3) is 0.480. The minimum absolute atomic E-state index is 0.207. The quantitative estimate of drug-likeness (QED) is 0.353. The van der Waals surface area contributed by atoms with Crippen LogP contribution >= 0.6 is 22.9 Å². The SMILES string of the molecule is COc1cnc(Cl)cc1-c1cc(COC2CC2)ncc1C(=O)Nc1nnc(OCC2CCC(O)CC2)s1. The van der Waals surface area contributed by atoms with Gasteiger partial charge in [0.2, 0.25) is 5.13 Å². The minimum Gasteiger partial charge on any atom is -0.494 e. The first-order valence-corrected chi connectivity index (χ1v) is 13.4.